The SMILES string of the molecule is CCc1ccc(N2CC(C(=O)Nc3ccc(N4CCN(C)CC4)c(C)c3)CC2=O)cc1. The largest absolute Gasteiger partial charge is 0.369 e. The van der Waals surface area contributed by atoms with Crippen LogP contribution in [-0.4, -0.2) is 56.5 Å². The second kappa shape index (κ2) is 9.10. The van der Waals surface area contributed by atoms with Gasteiger partial charge in [0.2, 0.25) is 11.8 Å². The zero-order valence-corrected chi connectivity index (χ0v) is 18.7. The van der Waals surface area contributed by atoms with Gasteiger partial charge in [0.1, 0.15) is 0 Å². The molecule has 1 N–H and O–H groups in total. The minimum absolute atomic E-state index is 0.00555. The van der Waals surface area contributed by atoms with Crippen molar-refractivity contribution in [3.05, 3.63) is 53.6 Å². The van der Waals surface area contributed by atoms with Crippen molar-refractivity contribution in [2.24, 2.45) is 5.92 Å². The number of hydrogen-bond donors (Lipinski definition) is 1. The molecule has 6 heteroatoms. The molecule has 2 aliphatic heterocycles. The van der Waals surface area contributed by atoms with Crippen LogP contribution in [0.4, 0.5) is 17.1 Å². The number of anilines is 3. The van der Waals surface area contributed by atoms with Crippen LogP contribution in [0.3, 0.4) is 0 Å². The first-order chi connectivity index (χ1) is 14.9. The summed E-state index contributed by atoms with van der Waals surface area (Å²) in [5.41, 5.74) is 5.27. The molecule has 2 saturated heterocycles. The van der Waals surface area contributed by atoms with Crippen LogP contribution in [0.15, 0.2) is 42.5 Å². The fraction of sp³-hybridized carbons (Fsp3) is 0.440. The molecule has 2 fully saturated rings. The van der Waals surface area contributed by atoms with Crippen LogP contribution < -0.4 is 15.1 Å². The second-order valence-electron chi connectivity index (χ2n) is 8.71. The number of amides is 2. The Labute approximate surface area is 184 Å². The monoisotopic (exact) mass is 420 g/mol. The molecule has 4 rings (SSSR count). The Hall–Kier alpha value is -2.86. The van der Waals surface area contributed by atoms with Crippen molar-refractivity contribution < 1.29 is 9.59 Å². The van der Waals surface area contributed by atoms with Gasteiger partial charge in [-0.15, -0.1) is 0 Å². The highest BCUT2D eigenvalue weighted by Crippen LogP contribution is 2.28. The predicted octanol–water partition coefficient (Wildman–Crippen LogP) is 3.30. The molecule has 2 amide bonds. The van der Waals surface area contributed by atoms with Gasteiger partial charge < -0.3 is 20.0 Å². The second-order valence-corrected chi connectivity index (χ2v) is 8.71. The first kappa shape index (κ1) is 21.4. The maximum absolute atomic E-state index is 12.9. The standard InChI is InChI=1S/C25H32N4O2/c1-4-19-5-8-22(9-6-19)29-17-20(16-24(29)30)25(31)26-21-7-10-23(18(2)15-21)28-13-11-27(3)12-14-28/h5-10,15,20H,4,11-14,16-17H2,1-3H3,(H,26,31). The third-order valence-corrected chi connectivity index (χ3v) is 6.46. The molecule has 0 bridgehead atoms. The summed E-state index contributed by atoms with van der Waals surface area (Å²) >= 11 is 0. The number of hydrogen-bond acceptors (Lipinski definition) is 4. The molecule has 31 heavy (non-hydrogen) atoms. The van der Waals surface area contributed by atoms with Gasteiger partial charge in [-0.2, -0.15) is 0 Å². The van der Waals surface area contributed by atoms with Gasteiger partial charge in [0.15, 0.2) is 0 Å². The molecular weight excluding hydrogens is 388 g/mol. The Morgan fingerprint density at radius 1 is 1.06 bits per heavy atom. The van der Waals surface area contributed by atoms with E-state index in [4.69, 9.17) is 0 Å². The van der Waals surface area contributed by atoms with Gasteiger partial charge >= 0.3 is 0 Å². The van der Waals surface area contributed by atoms with E-state index < -0.39 is 0 Å². The summed E-state index contributed by atoms with van der Waals surface area (Å²) in [7, 11) is 2.15. The van der Waals surface area contributed by atoms with E-state index in [1.807, 2.05) is 36.4 Å². The molecule has 1 unspecified atom stereocenters. The molecular formula is C25H32N4O2. The lowest BCUT2D eigenvalue weighted by Crippen LogP contribution is -2.44. The average molecular weight is 421 g/mol. The van der Waals surface area contributed by atoms with Gasteiger partial charge in [-0.25, -0.2) is 0 Å². The number of piperazine rings is 1. The van der Waals surface area contributed by atoms with Crippen molar-refractivity contribution >= 4 is 28.9 Å². The fourth-order valence-corrected chi connectivity index (χ4v) is 4.42. The Morgan fingerprint density at radius 3 is 2.42 bits per heavy atom. The number of likely N-dealkylation sites (N-methyl/N-ethyl adjacent to an activating group) is 1. The van der Waals surface area contributed by atoms with Crippen molar-refractivity contribution in [2.45, 2.75) is 26.7 Å². The highest BCUT2D eigenvalue weighted by atomic mass is 16.2. The van der Waals surface area contributed by atoms with Crippen LogP contribution in [0.25, 0.3) is 0 Å². The van der Waals surface area contributed by atoms with E-state index in [0.717, 1.165) is 49.5 Å². The van der Waals surface area contributed by atoms with Crippen LogP contribution in [0.2, 0.25) is 0 Å². The van der Waals surface area contributed by atoms with E-state index >= 15 is 0 Å². The van der Waals surface area contributed by atoms with Crippen molar-refractivity contribution in [1.82, 2.24) is 4.90 Å². The smallest absolute Gasteiger partial charge is 0.229 e. The summed E-state index contributed by atoms with van der Waals surface area (Å²) in [6.07, 6.45) is 1.21. The van der Waals surface area contributed by atoms with Gasteiger partial charge in [0.05, 0.1) is 5.92 Å². The Kier molecular flexibility index (Phi) is 6.28. The quantitative estimate of drug-likeness (QED) is 0.806. The summed E-state index contributed by atoms with van der Waals surface area (Å²) in [6, 6.07) is 14.1. The van der Waals surface area contributed by atoms with E-state index in [-0.39, 0.29) is 24.2 Å². The zero-order chi connectivity index (χ0) is 22.0. The molecule has 1 atom stereocenters. The van der Waals surface area contributed by atoms with E-state index in [2.05, 4.69) is 42.1 Å². The van der Waals surface area contributed by atoms with Crippen molar-refractivity contribution in [3.63, 3.8) is 0 Å². The Balaban J connectivity index is 1.39. The molecule has 2 aromatic carbocycles. The third-order valence-electron chi connectivity index (χ3n) is 6.46. The lowest BCUT2D eigenvalue weighted by Gasteiger charge is -2.35. The van der Waals surface area contributed by atoms with Crippen LogP contribution in [0.5, 0.6) is 0 Å². The first-order valence-electron chi connectivity index (χ1n) is 11.2. The van der Waals surface area contributed by atoms with Crippen molar-refractivity contribution in [3.8, 4) is 0 Å². The van der Waals surface area contributed by atoms with Crippen LogP contribution in [0, 0.1) is 12.8 Å². The Morgan fingerprint density at radius 2 is 1.77 bits per heavy atom. The molecule has 2 aromatic rings. The average Bonchev–Trinajstić information content (AvgIpc) is 3.16. The fourth-order valence-electron chi connectivity index (χ4n) is 4.42. The van der Waals surface area contributed by atoms with Gasteiger partial charge in [-0.05, 0) is 61.9 Å². The maximum atomic E-state index is 12.9. The molecule has 164 valence electrons. The number of nitrogens with one attached hydrogen (secondary N) is 1. The maximum Gasteiger partial charge on any atom is 0.229 e. The molecule has 0 aromatic heterocycles. The summed E-state index contributed by atoms with van der Waals surface area (Å²) < 4.78 is 0. The molecule has 2 aliphatic rings. The van der Waals surface area contributed by atoms with E-state index in [0.29, 0.717) is 6.54 Å². The van der Waals surface area contributed by atoms with E-state index in [1.54, 1.807) is 4.90 Å². The number of carbonyl (C=O) groups is 2. The van der Waals surface area contributed by atoms with E-state index in [9.17, 15) is 9.59 Å². The summed E-state index contributed by atoms with van der Waals surface area (Å²) in [5, 5.41) is 3.03. The lowest BCUT2D eigenvalue weighted by molar-refractivity contribution is -0.122. The third kappa shape index (κ3) is 4.74. The van der Waals surface area contributed by atoms with E-state index in [1.165, 1.54) is 11.3 Å². The predicted molar refractivity (Wildman–Crippen MR) is 126 cm³/mol. The number of carbonyl (C=O) groups excluding carboxylic acids is 2. The highest BCUT2D eigenvalue weighted by molar-refractivity contribution is 6.03. The molecule has 0 radical (unpaired) electrons. The zero-order valence-electron chi connectivity index (χ0n) is 18.7. The molecule has 0 spiro atoms. The normalized spacial score (nSPS) is 19.7. The topological polar surface area (TPSA) is 55.9 Å². The number of nitrogens with zero attached hydrogens (tertiary/aromatic N) is 3. The highest BCUT2D eigenvalue weighted by Gasteiger charge is 2.35. The first-order valence-corrected chi connectivity index (χ1v) is 11.2. The minimum Gasteiger partial charge on any atom is -0.369 e. The summed E-state index contributed by atoms with van der Waals surface area (Å²) in [6.45, 7) is 8.77. The molecule has 6 nitrogen and oxygen atoms in total. The molecule has 0 aliphatic carbocycles. The van der Waals surface area contributed by atoms with Gasteiger partial charge in [-0.1, -0.05) is 19.1 Å². The lowest BCUT2D eigenvalue weighted by atomic mass is 10.1. The van der Waals surface area contributed by atoms with Crippen LogP contribution in [0.1, 0.15) is 24.5 Å². The number of rotatable bonds is 5. The van der Waals surface area contributed by atoms with Gasteiger partial charge in [-0.3, -0.25) is 9.59 Å². The Bertz CT molecular complexity index is 948. The molecule has 0 saturated carbocycles. The van der Waals surface area contributed by atoms with Crippen molar-refractivity contribution in [1.29, 1.82) is 0 Å². The summed E-state index contributed by atoms with van der Waals surface area (Å²) in [5.74, 6) is -0.422. The van der Waals surface area contributed by atoms with Crippen LogP contribution >= 0.6 is 0 Å². The number of benzene rings is 2. The van der Waals surface area contributed by atoms with Gasteiger partial charge in [0, 0.05) is 56.2 Å². The minimum atomic E-state index is -0.337. The van der Waals surface area contributed by atoms with Gasteiger partial charge in [0.25, 0.3) is 0 Å². The number of aryl methyl sites for hydroxylation is 2. The molecule has 2 heterocycles. The summed E-state index contributed by atoms with van der Waals surface area (Å²) in [4.78, 5) is 31.9. The van der Waals surface area contributed by atoms with Crippen molar-refractivity contribution in [2.75, 3.05) is 54.9 Å². The van der Waals surface area contributed by atoms with Crippen LogP contribution in [-0.2, 0) is 16.0 Å².